The van der Waals surface area contributed by atoms with E-state index < -0.39 is 47.8 Å². The van der Waals surface area contributed by atoms with Crippen molar-refractivity contribution in [1.82, 2.24) is 10.6 Å². The van der Waals surface area contributed by atoms with Gasteiger partial charge in [-0.25, -0.2) is 0 Å². The van der Waals surface area contributed by atoms with E-state index in [-0.39, 0.29) is 30.5 Å². The maximum Gasteiger partial charge on any atom is 0.416 e. The number of nitrogens with one attached hydrogen (secondary N) is 2. The van der Waals surface area contributed by atoms with E-state index in [4.69, 9.17) is 14.2 Å². The predicted molar refractivity (Wildman–Crippen MR) is 146 cm³/mol. The molecule has 1 fully saturated rings. The van der Waals surface area contributed by atoms with Gasteiger partial charge in [0.05, 0.1) is 49.6 Å². The van der Waals surface area contributed by atoms with Crippen molar-refractivity contribution in [2.75, 3.05) is 14.2 Å². The number of alkyl halides is 6. The maximum absolute atomic E-state index is 13.4. The van der Waals surface area contributed by atoms with Gasteiger partial charge in [-0.15, -0.1) is 0 Å². The third-order valence-electron chi connectivity index (χ3n) is 7.52. The van der Waals surface area contributed by atoms with Gasteiger partial charge >= 0.3 is 12.4 Å². The lowest BCUT2D eigenvalue weighted by Gasteiger charge is -2.52. The molecule has 6 nitrogen and oxygen atoms in total. The van der Waals surface area contributed by atoms with E-state index in [0.717, 1.165) is 5.56 Å². The molecule has 43 heavy (non-hydrogen) atoms. The highest BCUT2D eigenvalue weighted by Gasteiger charge is 2.53. The van der Waals surface area contributed by atoms with Gasteiger partial charge in [0.25, 0.3) is 0 Å². The molecule has 1 amide bonds. The number of benzene rings is 3. The monoisotopic (exact) mass is 610 g/mol. The molecule has 3 atom stereocenters. The molecule has 1 saturated heterocycles. The van der Waals surface area contributed by atoms with E-state index in [9.17, 15) is 31.1 Å². The Bertz CT molecular complexity index is 1370. The average molecular weight is 611 g/mol. The first kappa shape index (κ1) is 32.2. The standard InChI is InChI=1S/C31H32F6N2O4/c1-4-27(43-18-19-12-22(30(32,33)34)15-23(13-19)31(35,36)37)29(21-8-6-5-7-9-21)16-25(39-29)28(40)38-17-20-14-24(41-2)10-11-26(20)42-3/h5-15,25,27,39H,4,16-18H2,1-3H3,(H,38,40). The molecular formula is C31H32F6N2O4. The molecule has 0 radical (unpaired) electrons. The molecule has 1 aliphatic heterocycles. The Kier molecular flexibility index (Phi) is 9.60. The summed E-state index contributed by atoms with van der Waals surface area (Å²) in [5, 5.41) is 6.18. The van der Waals surface area contributed by atoms with Gasteiger partial charge in [0, 0.05) is 12.1 Å². The summed E-state index contributed by atoms with van der Waals surface area (Å²) in [7, 11) is 3.04. The van der Waals surface area contributed by atoms with Crippen LogP contribution in [0.2, 0.25) is 0 Å². The van der Waals surface area contributed by atoms with Crippen molar-refractivity contribution >= 4 is 5.91 Å². The zero-order valence-corrected chi connectivity index (χ0v) is 23.7. The van der Waals surface area contributed by atoms with Crippen LogP contribution >= 0.6 is 0 Å². The number of methoxy groups -OCH3 is 2. The lowest BCUT2D eigenvalue weighted by molar-refractivity contribution is -0.143. The molecule has 3 aromatic carbocycles. The summed E-state index contributed by atoms with van der Waals surface area (Å²) < 4.78 is 96.9. The second-order valence-corrected chi connectivity index (χ2v) is 10.3. The Labute approximate surface area is 245 Å². The van der Waals surface area contributed by atoms with E-state index in [1.807, 2.05) is 18.2 Å². The lowest BCUT2D eigenvalue weighted by atomic mass is 9.71. The van der Waals surface area contributed by atoms with Crippen LogP contribution in [0.15, 0.2) is 66.7 Å². The third-order valence-corrected chi connectivity index (χ3v) is 7.52. The minimum Gasteiger partial charge on any atom is -0.497 e. The van der Waals surface area contributed by atoms with Crippen LogP contribution in [-0.4, -0.2) is 32.3 Å². The average Bonchev–Trinajstić information content (AvgIpc) is 2.96. The van der Waals surface area contributed by atoms with Gasteiger partial charge in [-0.2, -0.15) is 26.3 Å². The first-order valence-electron chi connectivity index (χ1n) is 13.5. The molecule has 232 valence electrons. The number of ether oxygens (including phenoxy) is 3. The largest absolute Gasteiger partial charge is 0.497 e. The highest BCUT2D eigenvalue weighted by atomic mass is 19.4. The van der Waals surface area contributed by atoms with Gasteiger partial charge in [-0.3, -0.25) is 10.1 Å². The fourth-order valence-corrected chi connectivity index (χ4v) is 5.35. The molecule has 1 heterocycles. The van der Waals surface area contributed by atoms with Crippen LogP contribution in [0, 0.1) is 0 Å². The van der Waals surface area contributed by atoms with Crippen molar-refractivity contribution in [3.8, 4) is 11.5 Å². The van der Waals surface area contributed by atoms with Crippen LogP contribution in [-0.2, 0) is 40.6 Å². The maximum atomic E-state index is 13.4. The number of amides is 1. The third kappa shape index (κ3) is 7.24. The summed E-state index contributed by atoms with van der Waals surface area (Å²) >= 11 is 0. The zero-order valence-electron chi connectivity index (χ0n) is 23.7. The molecule has 2 N–H and O–H groups in total. The number of carbonyl (C=O) groups excluding carboxylic acids is 1. The molecule has 3 unspecified atom stereocenters. The van der Waals surface area contributed by atoms with Gasteiger partial charge in [0.1, 0.15) is 11.5 Å². The van der Waals surface area contributed by atoms with Crippen LogP contribution in [0.25, 0.3) is 0 Å². The Morgan fingerprint density at radius 1 is 0.953 bits per heavy atom. The lowest BCUT2D eigenvalue weighted by Crippen LogP contribution is -2.70. The Morgan fingerprint density at radius 3 is 2.12 bits per heavy atom. The molecule has 4 rings (SSSR count). The van der Waals surface area contributed by atoms with Crippen molar-refractivity contribution in [1.29, 1.82) is 0 Å². The molecule has 12 heteroatoms. The van der Waals surface area contributed by atoms with Crippen molar-refractivity contribution in [2.24, 2.45) is 0 Å². The summed E-state index contributed by atoms with van der Waals surface area (Å²) in [4.78, 5) is 13.1. The van der Waals surface area contributed by atoms with Gasteiger partial charge in [-0.1, -0.05) is 37.3 Å². The summed E-state index contributed by atoms with van der Waals surface area (Å²) in [6, 6.07) is 15.1. The van der Waals surface area contributed by atoms with Crippen molar-refractivity contribution in [2.45, 2.75) is 63.0 Å². The van der Waals surface area contributed by atoms with Gasteiger partial charge in [0.15, 0.2) is 0 Å². The van der Waals surface area contributed by atoms with Crippen molar-refractivity contribution < 1.29 is 45.3 Å². The quantitative estimate of drug-likeness (QED) is 0.239. The molecule has 0 bridgehead atoms. The van der Waals surface area contributed by atoms with Crippen LogP contribution < -0.4 is 20.1 Å². The predicted octanol–water partition coefficient (Wildman–Crippen LogP) is 6.61. The summed E-state index contributed by atoms with van der Waals surface area (Å²) in [5.41, 5.74) is -2.49. The molecule has 0 saturated carbocycles. The summed E-state index contributed by atoms with van der Waals surface area (Å²) in [6.45, 7) is 1.47. The second-order valence-electron chi connectivity index (χ2n) is 10.3. The first-order valence-corrected chi connectivity index (χ1v) is 13.5. The van der Waals surface area contributed by atoms with Gasteiger partial charge < -0.3 is 19.5 Å². The van der Waals surface area contributed by atoms with Gasteiger partial charge in [-0.05, 0) is 60.4 Å². The number of rotatable bonds is 11. The van der Waals surface area contributed by atoms with Crippen molar-refractivity contribution in [3.63, 3.8) is 0 Å². The van der Waals surface area contributed by atoms with Crippen LogP contribution in [0.4, 0.5) is 26.3 Å². The molecule has 1 aliphatic rings. The molecule has 0 spiro atoms. The molecule has 0 aromatic heterocycles. The Morgan fingerprint density at radius 2 is 1.58 bits per heavy atom. The second kappa shape index (κ2) is 12.8. The van der Waals surface area contributed by atoms with E-state index in [1.54, 1.807) is 37.3 Å². The highest BCUT2D eigenvalue weighted by Crippen LogP contribution is 2.42. The Balaban J connectivity index is 1.52. The number of hydrogen-bond donors (Lipinski definition) is 2. The minimum absolute atomic E-state index is 0.0874. The van der Waals surface area contributed by atoms with Crippen LogP contribution in [0.5, 0.6) is 11.5 Å². The first-order chi connectivity index (χ1) is 20.3. The SMILES string of the molecule is CCC(OCc1cc(C(F)(F)F)cc(C(F)(F)F)c1)C1(c2ccccc2)CC(C(=O)NCc2cc(OC)ccc2OC)N1. The fraction of sp³-hybridized carbons (Fsp3) is 0.387. The molecule has 0 aliphatic carbocycles. The zero-order chi connectivity index (χ0) is 31.4. The number of halogens is 6. The number of carbonyl (C=O) groups is 1. The smallest absolute Gasteiger partial charge is 0.416 e. The van der Waals surface area contributed by atoms with E-state index >= 15 is 0 Å². The van der Waals surface area contributed by atoms with Crippen molar-refractivity contribution in [3.05, 3.63) is 94.5 Å². The number of hydrogen-bond acceptors (Lipinski definition) is 5. The van der Waals surface area contributed by atoms with E-state index in [0.29, 0.717) is 35.6 Å². The van der Waals surface area contributed by atoms with Crippen LogP contribution in [0.1, 0.15) is 47.6 Å². The minimum atomic E-state index is -4.96. The molecule has 3 aromatic rings. The normalized spacial score (nSPS) is 19.3. The summed E-state index contributed by atoms with van der Waals surface area (Å²) in [5.74, 6) is 0.879. The van der Waals surface area contributed by atoms with Gasteiger partial charge in [0.2, 0.25) is 5.91 Å². The van der Waals surface area contributed by atoms with E-state index in [1.165, 1.54) is 14.2 Å². The Hall–Kier alpha value is -3.77. The summed E-state index contributed by atoms with van der Waals surface area (Å²) in [6.07, 6.45) is -9.95. The topological polar surface area (TPSA) is 68.8 Å². The van der Waals surface area contributed by atoms with Crippen LogP contribution in [0.3, 0.4) is 0 Å². The highest BCUT2D eigenvalue weighted by molar-refractivity contribution is 5.83. The fourth-order valence-electron chi connectivity index (χ4n) is 5.35. The molecular weight excluding hydrogens is 578 g/mol. The van der Waals surface area contributed by atoms with E-state index in [2.05, 4.69) is 10.6 Å².